The van der Waals surface area contributed by atoms with Gasteiger partial charge in [-0.3, -0.25) is 4.79 Å². The maximum absolute atomic E-state index is 12.0. The van der Waals surface area contributed by atoms with Gasteiger partial charge in [0.25, 0.3) is 9.70 Å². The third-order valence-electron chi connectivity index (χ3n) is 8.18. The molecular weight excluding hydrogens is 633 g/mol. The van der Waals surface area contributed by atoms with Crippen LogP contribution in [0.4, 0.5) is 0 Å². The van der Waals surface area contributed by atoms with Gasteiger partial charge in [0.05, 0.1) is 42.7 Å². The molecule has 1 saturated heterocycles. The number of aromatic nitrogens is 2. The average molecular weight is 665 g/mol. The van der Waals surface area contributed by atoms with Crippen molar-refractivity contribution in [1.82, 2.24) is 14.9 Å². The highest BCUT2D eigenvalue weighted by atomic mass is 35.6. The molecule has 5 aromatic rings. The van der Waals surface area contributed by atoms with Crippen molar-refractivity contribution in [3.05, 3.63) is 126 Å². The van der Waals surface area contributed by atoms with Crippen molar-refractivity contribution in [1.29, 1.82) is 0 Å². The molecular formula is C35H32Cl3N3O4. The summed E-state index contributed by atoms with van der Waals surface area (Å²) in [5, 5.41) is 12.2. The van der Waals surface area contributed by atoms with Crippen LogP contribution in [-0.2, 0) is 34.0 Å². The Bertz CT molecular complexity index is 1770. The minimum absolute atomic E-state index is 0.0116. The summed E-state index contributed by atoms with van der Waals surface area (Å²) >= 11 is 17.0. The third kappa shape index (κ3) is 7.20. The van der Waals surface area contributed by atoms with Gasteiger partial charge in [-0.25, -0.2) is 4.98 Å². The van der Waals surface area contributed by atoms with E-state index in [4.69, 9.17) is 44.3 Å². The molecule has 45 heavy (non-hydrogen) atoms. The Labute approximate surface area is 276 Å². The van der Waals surface area contributed by atoms with Crippen LogP contribution < -0.4 is 5.32 Å². The summed E-state index contributed by atoms with van der Waals surface area (Å²) in [6.45, 7) is 2.99. The lowest BCUT2D eigenvalue weighted by Gasteiger charge is -2.41. The molecule has 0 aliphatic carbocycles. The summed E-state index contributed by atoms with van der Waals surface area (Å²) in [5.74, 6) is -0.641. The fourth-order valence-electron chi connectivity index (χ4n) is 5.65. The van der Waals surface area contributed by atoms with E-state index in [1.54, 1.807) is 0 Å². The van der Waals surface area contributed by atoms with E-state index in [-0.39, 0.29) is 31.3 Å². The van der Waals surface area contributed by atoms with Crippen LogP contribution in [0.3, 0.4) is 0 Å². The number of carbonyl (C=O) groups excluding carboxylic acids is 1. The van der Waals surface area contributed by atoms with Gasteiger partial charge < -0.3 is 24.5 Å². The number of aliphatic hydroxyl groups is 1. The van der Waals surface area contributed by atoms with Gasteiger partial charge in [-0.2, -0.15) is 0 Å². The van der Waals surface area contributed by atoms with Gasteiger partial charge >= 0.3 is 0 Å². The minimum atomic E-state index is -2.01. The van der Waals surface area contributed by atoms with Gasteiger partial charge in [-0.15, -0.1) is 0 Å². The summed E-state index contributed by atoms with van der Waals surface area (Å²) in [7, 11) is 0. The highest BCUT2D eigenvalue weighted by molar-refractivity contribution is 6.76. The number of halogens is 3. The molecule has 0 radical (unpaired) electrons. The number of amides is 1. The molecule has 4 aromatic carbocycles. The van der Waals surface area contributed by atoms with Gasteiger partial charge in [-0.1, -0.05) is 121 Å². The first kappa shape index (κ1) is 31.5. The molecule has 1 amide bonds. The second-order valence-electron chi connectivity index (χ2n) is 11.2. The Hall–Kier alpha value is -3.43. The van der Waals surface area contributed by atoms with E-state index in [0.29, 0.717) is 6.54 Å². The van der Waals surface area contributed by atoms with Crippen molar-refractivity contribution in [2.75, 3.05) is 0 Å². The predicted molar refractivity (Wildman–Crippen MR) is 177 cm³/mol. The molecule has 232 valence electrons. The maximum atomic E-state index is 12.0. The van der Waals surface area contributed by atoms with Crippen LogP contribution in [0.5, 0.6) is 0 Å². The summed E-state index contributed by atoms with van der Waals surface area (Å²) in [5.41, 5.74) is 7.62. The fraction of sp³-hybridized carbons (Fsp3) is 0.257. The SMILES string of the molecule is CC1C(Cn2cnc3ccccc32)OC(c2ccc(-c3cccc(CNC(=O)C(Cl)(Cl)Cl)c3)cc2)OC1c1ccc(CO)cc1. The largest absolute Gasteiger partial charge is 0.392 e. The molecule has 4 unspecified atom stereocenters. The van der Waals surface area contributed by atoms with E-state index in [9.17, 15) is 9.90 Å². The molecule has 2 N–H and O–H groups in total. The van der Waals surface area contributed by atoms with Crippen molar-refractivity contribution in [2.24, 2.45) is 5.92 Å². The summed E-state index contributed by atoms with van der Waals surface area (Å²) in [4.78, 5) is 16.5. The number of nitrogens with zero attached hydrogens (tertiary/aromatic N) is 2. The Kier molecular flexibility index (Phi) is 9.47. The fourth-order valence-corrected chi connectivity index (χ4v) is 5.85. The zero-order valence-electron chi connectivity index (χ0n) is 24.4. The topological polar surface area (TPSA) is 85.6 Å². The first-order valence-electron chi connectivity index (χ1n) is 14.6. The lowest BCUT2D eigenvalue weighted by Crippen LogP contribution is -2.39. The van der Waals surface area contributed by atoms with Crippen LogP contribution in [0.25, 0.3) is 22.2 Å². The number of para-hydroxylation sites is 2. The Morgan fingerprint density at radius 3 is 2.36 bits per heavy atom. The van der Waals surface area contributed by atoms with Crippen LogP contribution in [0, 0.1) is 5.92 Å². The number of nitrogens with one attached hydrogen (secondary N) is 1. The zero-order chi connectivity index (χ0) is 31.6. The third-order valence-corrected chi connectivity index (χ3v) is 8.70. The van der Waals surface area contributed by atoms with E-state index < -0.39 is 16.0 Å². The van der Waals surface area contributed by atoms with Gasteiger partial charge in [0.1, 0.15) is 0 Å². The van der Waals surface area contributed by atoms with Crippen molar-refractivity contribution in [2.45, 2.75) is 48.9 Å². The zero-order valence-corrected chi connectivity index (χ0v) is 26.7. The molecule has 1 aromatic heterocycles. The number of fused-ring (bicyclic) bond motifs is 1. The minimum Gasteiger partial charge on any atom is -0.392 e. The molecule has 7 nitrogen and oxygen atoms in total. The number of alkyl halides is 3. The molecule has 1 fully saturated rings. The van der Waals surface area contributed by atoms with Crippen LogP contribution in [0.2, 0.25) is 0 Å². The van der Waals surface area contributed by atoms with Gasteiger partial charge in [0.2, 0.25) is 0 Å². The Morgan fingerprint density at radius 2 is 1.62 bits per heavy atom. The molecule has 0 saturated carbocycles. The predicted octanol–water partition coefficient (Wildman–Crippen LogP) is 7.67. The van der Waals surface area contributed by atoms with E-state index >= 15 is 0 Å². The van der Waals surface area contributed by atoms with Gasteiger partial charge in [0, 0.05) is 18.0 Å². The highest BCUT2D eigenvalue weighted by Gasteiger charge is 2.38. The summed E-state index contributed by atoms with van der Waals surface area (Å²) in [6.07, 6.45) is 0.877. The van der Waals surface area contributed by atoms with Crippen LogP contribution in [-0.4, -0.2) is 30.5 Å². The monoisotopic (exact) mass is 663 g/mol. The number of carbonyl (C=O) groups is 1. The smallest absolute Gasteiger partial charge is 0.272 e. The number of rotatable bonds is 8. The van der Waals surface area contributed by atoms with Gasteiger partial charge in [-0.05, 0) is 46.0 Å². The molecule has 1 aliphatic rings. The molecule has 4 atom stereocenters. The molecule has 0 bridgehead atoms. The Morgan fingerprint density at radius 1 is 0.889 bits per heavy atom. The lowest BCUT2D eigenvalue weighted by molar-refractivity contribution is -0.276. The van der Waals surface area contributed by atoms with E-state index in [1.165, 1.54) is 0 Å². The lowest BCUT2D eigenvalue weighted by atomic mass is 9.90. The van der Waals surface area contributed by atoms with E-state index in [0.717, 1.165) is 44.4 Å². The van der Waals surface area contributed by atoms with Crippen LogP contribution in [0.15, 0.2) is 103 Å². The number of hydrogen-bond acceptors (Lipinski definition) is 5. The van der Waals surface area contributed by atoms with Crippen molar-refractivity contribution >= 4 is 51.7 Å². The second-order valence-corrected chi connectivity index (χ2v) is 13.5. The first-order chi connectivity index (χ1) is 21.7. The summed E-state index contributed by atoms with van der Waals surface area (Å²) in [6, 6.07) is 31.9. The first-order valence-corrected chi connectivity index (χ1v) is 15.8. The quantitative estimate of drug-likeness (QED) is 0.166. The maximum Gasteiger partial charge on any atom is 0.272 e. The van der Waals surface area contributed by atoms with E-state index in [2.05, 4.69) is 27.9 Å². The number of aliphatic hydroxyl groups excluding tert-OH is 1. The molecule has 1 aliphatic heterocycles. The molecule has 2 heterocycles. The van der Waals surface area contributed by atoms with Crippen molar-refractivity contribution < 1.29 is 19.4 Å². The Balaban J connectivity index is 1.24. The summed E-state index contributed by atoms with van der Waals surface area (Å²) < 4.78 is 13.4. The highest BCUT2D eigenvalue weighted by Crippen LogP contribution is 2.42. The van der Waals surface area contributed by atoms with Crippen LogP contribution >= 0.6 is 34.8 Å². The van der Waals surface area contributed by atoms with Gasteiger partial charge in [0.15, 0.2) is 6.29 Å². The van der Waals surface area contributed by atoms with Crippen LogP contribution in [0.1, 0.15) is 41.6 Å². The standard InChI is InChI=1S/C35H32Cl3N3O4/c1-22-31(19-41-21-40-29-7-2-3-8-30(29)41)44-33(45-32(22)26-11-9-23(20-42)10-12-26)27-15-13-25(14-16-27)28-6-4-5-24(17-28)18-39-34(43)35(36,37)38/h2-17,21-22,31-33,42H,18-20H2,1H3,(H,39,43). The normalized spacial score (nSPS) is 20.3. The number of benzene rings is 4. The molecule has 0 spiro atoms. The van der Waals surface area contributed by atoms with Crippen molar-refractivity contribution in [3.8, 4) is 11.1 Å². The van der Waals surface area contributed by atoms with Crippen molar-refractivity contribution in [3.63, 3.8) is 0 Å². The average Bonchev–Trinajstić information content (AvgIpc) is 3.47. The second kappa shape index (κ2) is 13.5. The molecule has 6 rings (SSSR count). The number of imidazole rings is 1. The number of ether oxygens (including phenoxy) is 2. The molecule has 10 heteroatoms. The van der Waals surface area contributed by atoms with E-state index in [1.807, 2.05) is 97.3 Å². The number of hydrogen-bond donors (Lipinski definition) is 2.